The molecule has 0 saturated heterocycles. The molecule has 0 atom stereocenters. The first-order valence-electron chi connectivity index (χ1n) is 7.77. The van der Waals surface area contributed by atoms with Crippen LogP contribution in [-0.2, 0) is 6.18 Å². The highest BCUT2D eigenvalue weighted by molar-refractivity contribution is 5.57. The van der Waals surface area contributed by atoms with Crippen molar-refractivity contribution in [2.75, 3.05) is 0 Å². The largest absolute Gasteiger partial charge is 0.416 e. The van der Waals surface area contributed by atoms with Crippen molar-refractivity contribution in [3.05, 3.63) is 92.7 Å². The second-order valence-corrected chi connectivity index (χ2v) is 5.63. The lowest BCUT2D eigenvalue weighted by atomic mass is 10.2. The number of hydrogen-bond acceptors (Lipinski definition) is 1. The van der Waals surface area contributed by atoms with E-state index in [2.05, 4.69) is 11.7 Å². The number of allylic oxidation sites excluding steroid dienone is 1. The molecule has 0 fully saturated rings. The van der Waals surface area contributed by atoms with E-state index in [1.54, 1.807) is 12.2 Å². The van der Waals surface area contributed by atoms with E-state index in [1.807, 2.05) is 36.4 Å². The molecule has 0 saturated carbocycles. The molecular formula is C20H15F3N2O. The summed E-state index contributed by atoms with van der Waals surface area (Å²) < 4.78 is 39.7. The van der Waals surface area contributed by atoms with Crippen LogP contribution in [0.15, 0.2) is 65.5 Å². The average molecular weight is 356 g/mol. The first kappa shape index (κ1) is 17.5. The van der Waals surface area contributed by atoms with E-state index >= 15 is 0 Å². The standard InChI is InChI=1S/C20H15F3N2O/c1-14-18(12-5-9-15-7-3-2-4-8-15)19(26)25(24-14)17-11-6-10-16(13-17)20(21,22)23/h2-13,24H,1H2. The molecule has 0 radical (unpaired) electrons. The van der Waals surface area contributed by atoms with Gasteiger partial charge in [0.05, 0.1) is 21.8 Å². The number of halogens is 3. The normalized spacial score (nSPS) is 12.8. The van der Waals surface area contributed by atoms with Crippen molar-refractivity contribution in [3.63, 3.8) is 0 Å². The minimum absolute atomic E-state index is 0.0985. The van der Waals surface area contributed by atoms with E-state index in [0.29, 0.717) is 5.35 Å². The van der Waals surface area contributed by atoms with Gasteiger partial charge in [-0.1, -0.05) is 55.1 Å². The number of alkyl halides is 3. The predicted octanol–water partition coefficient (Wildman–Crippen LogP) is 3.09. The third kappa shape index (κ3) is 3.69. The zero-order chi connectivity index (χ0) is 18.7. The number of hydrogen-bond donors (Lipinski definition) is 1. The number of aromatic amines is 1. The van der Waals surface area contributed by atoms with E-state index < -0.39 is 17.3 Å². The molecule has 0 aliphatic heterocycles. The molecule has 26 heavy (non-hydrogen) atoms. The Morgan fingerprint density at radius 1 is 1.04 bits per heavy atom. The van der Waals surface area contributed by atoms with Gasteiger partial charge in [-0.15, -0.1) is 0 Å². The maximum Gasteiger partial charge on any atom is 0.416 e. The minimum Gasteiger partial charge on any atom is -0.291 e. The molecule has 2 aromatic carbocycles. The fourth-order valence-corrected chi connectivity index (χ4v) is 2.49. The van der Waals surface area contributed by atoms with Crippen LogP contribution in [0.2, 0.25) is 0 Å². The van der Waals surface area contributed by atoms with E-state index in [4.69, 9.17) is 0 Å². The lowest BCUT2D eigenvalue weighted by Gasteiger charge is -2.08. The molecule has 132 valence electrons. The zero-order valence-corrected chi connectivity index (χ0v) is 13.6. The Labute approximate surface area is 147 Å². The Hall–Kier alpha value is -3.28. The second-order valence-electron chi connectivity index (χ2n) is 5.63. The predicted molar refractivity (Wildman–Crippen MR) is 96.1 cm³/mol. The summed E-state index contributed by atoms with van der Waals surface area (Å²) in [5, 5.41) is 3.33. The van der Waals surface area contributed by atoms with Crippen LogP contribution in [0.25, 0.3) is 24.4 Å². The molecule has 0 aliphatic rings. The molecule has 3 aromatic rings. The molecule has 3 nitrogen and oxygen atoms in total. The van der Waals surface area contributed by atoms with Crippen LogP contribution in [0.4, 0.5) is 13.2 Å². The zero-order valence-electron chi connectivity index (χ0n) is 13.6. The molecule has 0 unspecified atom stereocenters. The maximum atomic E-state index is 12.9. The Morgan fingerprint density at radius 3 is 2.46 bits per heavy atom. The van der Waals surface area contributed by atoms with Gasteiger partial charge in [0.2, 0.25) is 0 Å². The number of nitrogens with zero attached hydrogens (tertiary/aromatic N) is 1. The topological polar surface area (TPSA) is 37.8 Å². The lowest BCUT2D eigenvalue weighted by Crippen LogP contribution is -2.33. The molecule has 1 heterocycles. The van der Waals surface area contributed by atoms with Crippen molar-refractivity contribution in [1.82, 2.24) is 9.78 Å². The van der Waals surface area contributed by atoms with Gasteiger partial charge in [0, 0.05) is 0 Å². The van der Waals surface area contributed by atoms with Crippen LogP contribution < -0.4 is 16.1 Å². The smallest absolute Gasteiger partial charge is 0.291 e. The SMILES string of the molecule is C=c1[nH]n(-c2cccc(C(F)(F)F)c2)c(=O)c1=CC=Cc1ccccc1. The highest BCUT2D eigenvalue weighted by Gasteiger charge is 2.30. The summed E-state index contributed by atoms with van der Waals surface area (Å²) in [5.74, 6) is 0. The monoisotopic (exact) mass is 356 g/mol. The summed E-state index contributed by atoms with van der Waals surface area (Å²) in [4.78, 5) is 12.5. The molecule has 0 bridgehead atoms. The third-order valence-electron chi connectivity index (χ3n) is 3.79. The number of aromatic nitrogens is 2. The van der Waals surface area contributed by atoms with Crippen LogP contribution in [-0.4, -0.2) is 9.78 Å². The maximum absolute atomic E-state index is 12.9. The summed E-state index contributed by atoms with van der Waals surface area (Å²) in [6.45, 7) is 3.76. The van der Waals surface area contributed by atoms with Crippen LogP contribution in [0, 0.1) is 0 Å². The number of rotatable bonds is 3. The second kappa shape index (κ2) is 6.92. The van der Waals surface area contributed by atoms with Gasteiger partial charge in [0.1, 0.15) is 0 Å². The Balaban J connectivity index is 2.02. The number of benzene rings is 2. The fourth-order valence-electron chi connectivity index (χ4n) is 2.49. The fraction of sp³-hybridized carbons (Fsp3) is 0.0500. The lowest BCUT2D eigenvalue weighted by molar-refractivity contribution is -0.137. The summed E-state index contributed by atoms with van der Waals surface area (Å²) in [6, 6.07) is 14.1. The molecule has 1 aromatic heterocycles. The summed E-state index contributed by atoms with van der Waals surface area (Å²) in [5.41, 5.74) is -0.229. The first-order chi connectivity index (χ1) is 12.4. The van der Waals surface area contributed by atoms with E-state index in [9.17, 15) is 18.0 Å². The Bertz CT molecular complexity index is 1110. The van der Waals surface area contributed by atoms with Crippen molar-refractivity contribution < 1.29 is 13.2 Å². The Morgan fingerprint density at radius 2 is 1.77 bits per heavy atom. The summed E-state index contributed by atoms with van der Waals surface area (Å²) >= 11 is 0. The van der Waals surface area contributed by atoms with Gasteiger partial charge < -0.3 is 0 Å². The number of H-pyrrole nitrogens is 1. The molecular weight excluding hydrogens is 341 g/mol. The van der Waals surface area contributed by atoms with Gasteiger partial charge in [-0.2, -0.15) is 13.2 Å². The van der Waals surface area contributed by atoms with Gasteiger partial charge in [-0.3, -0.25) is 9.89 Å². The minimum atomic E-state index is -4.48. The molecule has 6 heteroatoms. The van der Waals surface area contributed by atoms with Crippen molar-refractivity contribution in [2.24, 2.45) is 0 Å². The number of nitrogens with one attached hydrogen (secondary N) is 1. The van der Waals surface area contributed by atoms with Crippen molar-refractivity contribution in [1.29, 1.82) is 0 Å². The van der Waals surface area contributed by atoms with Crippen LogP contribution >= 0.6 is 0 Å². The van der Waals surface area contributed by atoms with Crippen LogP contribution in [0.1, 0.15) is 11.1 Å². The first-order valence-corrected chi connectivity index (χ1v) is 7.77. The highest BCUT2D eigenvalue weighted by Crippen LogP contribution is 2.29. The van der Waals surface area contributed by atoms with Gasteiger partial charge in [-0.05, 0) is 29.8 Å². The quantitative estimate of drug-likeness (QED) is 0.770. The summed E-state index contributed by atoms with van der Waals surface area (Å²) in [7, 11) is 0. The van der Waals surface area contributed by atoms with Crippen LogP contribution in [0.3, 0.4) is 0 Å². The van der Waals surface area contributed by atoms with Gasteiger partial charge in [0.15, 0.2) is 0 Å². The molecule has 1 N–H and O–H groups in total. The molecule has 0 amide bonds. The van der Waals surface area contributed by atoms with Crippen molar-refractivity contribution >= 4 is 18.7 Å². The van der Waals surface area contributed by atoms with Crippen molar-refractivity contribution in [2.45, 2.75) is 6.18 Å². The summed E-state index contributed by atoms with van der Waals surface area (Å²) in [6.07, 6.45) is 0.622. The molecule has 3 rings (SSSR count). The van der Waals surface area contributed by atoms with Crippen LogP contribution in [0.5, 0.6) is 0 Å². The van der Waals surface area contributed by atoms with Gasteiger partial charge in [-0.25, -0.2) is 4.68 Å². The highest BCUT2D eigenvalue weighted by atomic mass is 19.4. The van der Waals surface area contributed by atoms with Gasteiger partial charge in [0.25, 0.3) is 5.56 Å². The third-order valence-corrected chi connectivity index (χ3v) is 3.79. The molecule has 0 spiro atoms. The van der Waals surface area contributed by atoms with E-state index in [1.165, 1.54) is 12.1 Å². The molecule has 0 aliphatic carbocycles. The van der Waals surface area contributed by atoms with E-state index in [-0.39, 0.29) is 10.9 Å². The average Bonchev–Trinajstić information content (AvgIpc) is 2.90. The Kier molecular flexibility index (Phi) is 4.67. The van der Waals surface area contributed by atoms with E-state index in [0.717, 1.165) is 22.4 Å². The van der Waals surface area contributed by atoms with Gasteiger partial charge >= 0.3 is 6.18 Å². The van der Waals surface area contributed by atoms with Crippen molar-refractivity contribution in [3.8, 4) is 5.69 Å².